The first-order valence-electron chi connectivity index (χ1n) is 6.94. The summed E-state index contributed by atoms with van der Waals surface area (Å²) in [6, 6.07) is 13.7. The average Bonchev–Trinajstić information content (AvgIpc) is 2.50. The molecular formula is C17H20N2OS. The molecule has 2 aromatic carbocycles. The van der Waals surface area contributed by atoms with E-state index in [2.05, 4.69) is 10.6 Å². The molecule has 0 radical (unpaired) electrons. The number of carbonyl (C=O) groups excluding carboxylic acids is 1. The van der Waals surface area contributed by atoms with Crippen LogP contribution in [-0.2, 0) is 0 Å². The summed E-state index contributed by atoms with van der Waals surface area (Å²) < 4.78 is 0. The van der Waals surface area contributed by atoms with Gasteiger partial charge >= 0.3 is 0 Å². The number of benzene rings is 2. The Morgan fingerprint density at radius 1 is 1.14 bits per heavy atom. The van der Waals surface area contributed by atoms with Crippen LogP contribution in [0.2, 0.25) is 0 Å². The number of rotatable bonds is 5. The predicted octanol–water partition coefficient (Wildman–Crippen LogP) is 4.40. The highest BCUT2D eigenvalue weighted by atomic mass is 32.2. The maximum atomic E-state index is 12.5. The summed E-state index contributed by atoms with van der Waals surface area (Å²) in [5.74, 6) is -0.0912. The second-order valence-corrected chi connectivity index (χ2v) is 5.64. The summed E-state index contributed by atoms with van der Waals surface area (Å²) >= 11 is 1.68. The van der Waals surface area contributed by atoms with Gasteiger partial charge in [0.15, 0.2) is 0 Å². The first-order valence-corrected chi connectivity index (χ1v) is 8.16. The van der Waals surface area contributed by atoms with Crippen molar-refractivity contribution in [2.45, 2.75) is 18.7 Å². The van der Waals surface area contributed by atoms with Crippen LogP contribution in [0, 0.1) is 6.92 Å². The van der Waals surface area contributed by atoms with Gasteiger partial charge in [-0.05, 0) is 56.5 Å². The van der Waals surface area contributed by atoms with E-state index >= 15 is 0 Å². The Morgan fingerprint density at radius 2 is 1.86 bits per heavy atom. The van der Waals surface area contributed by atoms with E-state index in [9.17, 15) is 4.79 Å². The number of thioether (sulfide) groups is 1. The van der Waals surface area contributed by atoms with Gasteiger partial charge in [-0.3, -0.25) is 4.79 Å². The fraction of sp³-hybridized carbons (Fsp3) is 0.235. The van der Waals surface area contributed by atoms with Gasteiger partial charge in [-0.15, -0.1) is 11.8 Å². The van der Waals surface area contributed by atoms with Crippen LogP contribution in [0.5, 0.6) is 0 Å². The molecule has 3 nitrogen and oxygen atoms in total. The lowest BCUT2D eigenvalue weighted by Crippen LogP contribution is -2.15. The highest BCUT2D eigenvalue weighted by molar-refractivity contribution is 7.98. The van der Waals surface area contributed by atoms with Crippen molar-refractivity contribution in [2.75, 3.05) is 23.4 Å². The molecule has 0 aliphatic rings. The van der Waals surface area contributed by atoms with Crippen molar-refractivity contribution in [3.05, 3.63) is 53.6 Å². The summed E-state index contributed by atoms with van der Waals surface area (Å²) in [5.41, 5.74) is 3.41. The van der Waals surface area contributed by atoms with Gasteiger partial charge in [0.05, 0.1) is 5.56 Å². The minimum atomic E-state index is -0.0912. The fourth-order valence-electron chi connectivity index (χ4n) is 2.06. The van der Waals surface area contributed by atoms with Crippen molar-refractivity contribution in [1.29, 1.82) is 0 Å². The Hall–Kier alpha value is -1.94. The first-order chi connectivity index (χ1) is 10.1. The van der Waals surface area contributed by atoms with Gasteiger partial charge in [-0.2, -0.15) is 0 Å². The highest BCUT2D eigenvalue weighted by Crippen LogP contribution is 2.21. The van der Waals surface area contributed by atoms with Gasteiger partial charge in [0.1, 0.15) is 0 Å². The number of aryl methyl sites for hydroxylation is 1. The Bertz CT molecular complexity index is 623. The lowest BCUT2D eigenvalue weighted by Gasteiger charge is -2.12. The molecule has 0 saturated heterocycles. The van der Waals surface area contributed by atoms with Crippen LogP contribution in [0.25, 0.3) is 0 Å². The van der Waals surface area contributed by atoms with E-state index in [1.54, 1.807) is 11.8 Å². The number of amides is 1. The normalized spacial score (nSPS) is 10.2. The van der Waals surface area contributed by atoms with Crippen LogP contribution >= 0.6 is 11.8 Å². The minimum absolute atomic E-state index is 0.0912. The number of hydrogen-bond donors (Lipinski definition) is 2. The minimum Gasteiger partial charge on any atom is -0.385 e. The molecule has 110 valence electrons. The third kappa shape index (κ3) is 4.02. The summed E-state index contributed by atoms with van der Waals surface area (Å²) in [4.78, 5) is 13.6. The van der Waals surface area contributed by atoms with E-state index in [1.165, 1.54) is 4.90 Å². The van der Waals surface area contributed by atoms with Crippen molar-refractivity contribution in [2.24, 2.45) is 0 Å². The SMILES string of the molecule is CCNc1ccc(C)cc1C(=O)Nc1ccc(SC)cc1. The van der Waals surface area contributed by atoms with Crippen LogP contribution < -0.4 is 10.6 Å². The second kappa shape index (κ2) is 7.18. The van der Waals surface area contributed by atoms with Crippen LogP contribution in [0.4, 0.5) is 11.4 Å². The molecule has 0 heterocycles. The van der Waals surface area contributed by atoms with Crippen LogP contribution in [0.3, 0.4) is 0 Å². The standard InChI is InChI=1S/C17H20N2OS/c1-4-18-16-10-5-12(2)11-15(16)17(20)19-13-6-8-14(21-3)9-7-13/h5-11,18H,4H2,1-3H3,(H,19,20). The molecular weight excluding hydrogens is 280 g/mol. The second-order valence-electron chi connectivity index (χ2n) is 4.76. The maximum absolute atomic E-state index is 12.5. The molecule has 0 aliphatic carbocycles. The van der Waals surface area contributed by atoms with E-state index in [4.69, 9.17) is 0 Å². The van der Waals surface area contributed by atoms with Gasteiger partial charge in [-0.25, -0.2) is 0 Å². The third-order valence-electron chi connectivity index (χ3n) is 3.13. The predicted molar refractivity (Wildman–Crippen MR) is 91.5 cm³/mol. The first kappa shape index (κ1) is 15.4. The number of carbonyl (C=O) groups is 1. The van der Waals surface area contributed by atoms with Gasteiger partial charge < -0.3 is 10.6 Å². The molecule has 2 rings (SSSR count). The molecule has 1 amide bonds. The summed E-state index contributed by atoms with van der Waals surface area (Å²) in [6.45, 7) is 4.79. The molecule has 4 heteroatoms. The zero-order chi connectivity index (χ0) is 15.2. The largest absolute Gasteiger partial charge is 0.385 e. The van der Waals surface area contributed by atoms with Crippen molar-refractivity contribution >= 4 is 29.0 Å². The monoisotopic (exact) mass is 300 g/mol. The van der Waals surface area contributed by atoms with E-state index in [-0.39, 0.29) is 5.91 Å². The number of anilines is 2. The molecule has 0 spiro atoms. The lowest BCUT2D eigenvalue weighted by molar-refractivity contribution is 0.102. The summed E-state index contributed by atoms with van der Waals surface area (Å²) in [7, 11) is 0. The molecule has 0 fully saturated rings. The molecule has 0 unspecified atom stereocenters. The Morgan fingerprint density at radius 3 is 2.48 bits per heavy atom. The average molecular weight is 300 g/mol. The van der Waals surface area contributed by atoms with Crippen LogP contribution in [0.15, 0.2) is 47.4 Å². The molecule has 0 saturated carbocycles. The Labute approximate surface area is 130 Å². The number of hydrogen-bond acceptors (Lipinski definition) is 3. The van der Waals surface area contributed by atoms with Gasteiger partial charge in [-0.1, -0.05) is 11.6 Å². The van der Waals surface area contributed by atoms with Gasteiger partial charge in [0.25, 0.3) is 5.91 Å². The fourth-order valence-corrected chi connectivity index (χ4v) is 2.47. The van der Waals surface area contributed by atoms with Gasteiger partial charge in [0.2, 0.25) is 0 Å². The lowest BCUT2D eigenvalue weighted by atomic mass is 10.1. The van der Waals surface area contributed by atoms with Crippen molar-refractivity contribution < 1.29 is 4.79 Å². The van der Waals surface area contributed by atoms with E-state index in [0.29, 0.717) is 5.56 Å². The van der Waals surface area contributed by atoms with E-state index < -0.39 is 0 Å². The van der Waals surface area contributed by atoms with E-state index in [0.717, 1.165) is 23.5 Å². The molecule has 2 aromatic rings. The third-order valence-corrected chi connectivity index (χ3v) is 3.88. The zero-order valence-corrected chi connectivity index (χ0v) is 13.4. The molecule has 0 bridgehead atoms. The van der Waals surface area contributed by atoms with E-state index in [1.807, 2.05) is 62.6 Å². The molecule has 0 aromatic heterocycles. The molecule has 2 N–H and O–H groups in total. The summed E-state index contributed by atoms with van der Waals surface area (Å²) in [6.07, 6.45) is 2.03. The Balaban J connectivity index is 2.20. The number of nitrogens with one attached hydrogen (secondary N) is 2. The van der Waals surface area contributed by atoms with Gasteiger partial charge in [0, 0.05) is 22.8 Å². The smallest absolute Gasteiger partial charge is 0.257 e. The zero-order valence-electron chi connectivity index (χ0n) is 12.6. The molecule has 0 aliphatic heterocycles. The quantitative estimate of drug-likeness (QED) is 0.804. The van der Waals surface area contributed by atoms with Crippen molar-refractivity contribution in [1.82, 2.24) is 0 Å². The topological polar surface area (TPSA) is 41.1 Å². The highest BCUT2D eigenvalue weighted by Gasteiger charge is 2.11. The van der Waals surface area contributed by atoms with Crippen LogP contribution in [0.1, 0.15) is 22.8 Å². The summed E-state index contributed by atoms with van der Waals surface area (Å²) in [5, 5.41) is 6.17. The molecule has 0 atom stereocenters. The maximum Gasteiger partial charge on any atom is 0.257 e. The van der Waals surface area contributed by atoms with Crippen molar-refractivity contribution in [3.63, 3.8) is 0 Å². The molecule has 21 heavy (non-hydrogen) atoms. The van der Waals surface area contributed by atoms with Crippen molar-refractivity contribution in [3.8, 4) is 0 Å². The Kier molecular flexibility index (Phi) is 5.28. The van der Waals surface area contributed by atoms with Crippen LogP contribution in [-0.4, -0.2) is 18.7 Å².